The topological polar surface area (TPSA) is 86.7 Å². The van der Waals surface area contributed by atoms with Gasteiger partial charge >= 0.3 is 0 Å². The number of nitrogens with two attached hydrogens (primary N) is 1. The average molecular weight is 262 g/mol. The van der Waals surface area contributed by atoms with E-state index in [2.05, 4.69) is 0 Å². The van der Waals surface area contributed by atoms with E-state index in [4.69, 9.17) is 10.8 Å². The number of hydrogen-bond acceptors (Lipinski definition) is 4. The van der Waals surface area contributed by atoms with Gasteiger partial charge in [0.1, 0.15) is 11.5 Å². The normalized spacial score (nSPS) is 14.2. The molecule has 0 radical (unpaired) electrons. The van der Waals surface area contributed by atoms with Crippen LogP contribution in [-0.4, -0.2) is 21.4 Å². The lowest BCUT2D eigenvalue weighted by Crippen LogP contribution is -2.27. The van der Waals surface area contributed by atoms with Gasteiger partial charge in [-0.25, -0.2) is 0 Å². The van der Waals surface area contributed by atoms with Crippen LogP contribution < -0.4 is 5.73 Å². The Kier molecular flexibility index (Phi) is 6.31. The first-order valence-electron chi connectivity index (χ1n) is 5.37. The summed E-state index contributed by atoms with van der Waals surface area (Å²) in [5.41, 5.74) is 6.30. The predicted molar refractivity (Wildman–Crippen MR) is 69.4 cm³/mol. The van der Waals surface area contributed by atoms with Crippen LogP contribution in [0.4, 0.5) is 0 Å². The number of rotatable bonds is 4. The van der Waals surface area contributed by atoms with E-state index in [9.17, 15) is 10.2 Å². The molecule has 17 heavy (non-hydrogen) atoms. The third-order valence-electron chi connectivity index (χ3n) is 2.50. The van der Waals surface area contributed by atoms with E-state index in [1.165, 1.54) is 18.2 Å². The zero-order valence-corrected chi connectivity index (χ0v) is 10.8. The molecule has 0 aromatic heterocycles. The maximum absolute atomic E-state index is 9.84. The van der Waals surface area contributed by atoms with E-state index in [1.807, 2.05) is 13.8 Å². The summed E-state index contributed by atoms with van der Waals surface area (Å²) >= 11 is 0. The molecule has 2 atom stereocenters. The molecular formula is C12H20ClNO3. The first-order chi connectivity index (χ1) is 7.41. The molecule has 0 fully saturated rings. The van der Waals surface area contributed by atoms with Gasteiger partial charge in [0.15, 0.2) is 0 Å². The minimum Gasteiger partial charge on any atom is -0.508 e. The Morgan fingerprint density at radius 3 is 2.29 bits per heavy atom. The Bertz CT molecular complexity index is 358. The van der Waals surface area contributed by atoms with Gasteiger partial charge in [-0.1, -0.05) is 13.8 Å². The van der Waals surface area contributed by atoms with Crippen molar-refractivity contribution in [2.45, 2.75) is 32.4 Å². The highest BCUT2D eigenvalue weighted by Gasteiger charge is 2.20. The van der Waals surface area contributed by atoms with Crippen LogP contribution in [0.5, 0.6) is 11.5 Å². The second-order valence-corrected chi connectivity index (χ2v) is 4.47. The van der Waals surface area contributed by atoms with Crippen molar-refractivity contribution in [3.05, 3.63) is 23.8 Å². The molecule has 5 N–H and O–H groups in total. The van der Waals surface area contributed by atoms with Crippen LogP contribution >= 0.6 is 12.4 Å². The monoisotopic (exact) mass is 261 g/mol. The fraction of sp³-hybridized carbons (Fsp3) is 0.500. The SMILES string of the molecule is CC(C)C[C@@H](O)[C@@H](N)c1ccc(O)cc1O.Cl. The number of hydrogen-bond donors (Lipinski definition) is 4. The van der Waals surface area contributed by atoms with E-state index in [-0.39, 0.29) is 23.9 Å². The lowest BCUT2D eigenvalue weighted by Gasteiger charge is -2.21. The van der Waals surface area contributed by atoms with Gasteiger partial charge in [-0.2, -0.15) is 0 Å². The summed E-state index contributed by atoms with van der Waals surface area (Å²) in [6.07, 6.45) is -0.128. The summed E-state index contributed by atoms with van der Waals surface area (Å²) in [6.45, 7) is 3.99. The summed E-state index contributed by atoms with van der Waals surface area (Å²) in [4.78, 5) is 0. The van der Waals surface area contributed by atoms with Crippen molar-refractivity contribution >= 4 is 12.4 Å². The van der Waals surface area contributed by atoms with Crippen molar-refractivity contribution < 1.29 is 15.3 Å². The van der Waals surface area contributed by atoms with E-state index in [0.717, 1.165) is 0 Å². The molecule has 0 saturated carbocycles. The summed E-state index contributed by atoms with van der Waals surface area (Å²) < 4.78 is 0. The van der Waals surface area contributed by atoms with Gasteiger partial charge in [-0.05, 0) is 24.5 Å². The minimum absolute atomic E-state index is 0. The molecule has 0 amide bonds. The largest absolute Gasteiger partial charge is 0.508 e. The van der Waals surface area contributed by atoms with Crippen LogP contribution in [0.3, 0.4) is 0 Å². The maximum atomic E-state index is 9.84. The van der Waals surface area contributed by atoms with Crippen LogP contribution in [0.15, 0.2) is 18.2 Å². The molecule has 0 aliphatic carbocycles. The maximum Gasteiger partial charge on any atom is 0.124 e. The number of aliphatic hydroxyl groups is 1. The fourth-order valence-electron chi connectivity index (χ4n) is 1.65. The van der Waals surface area contributed by atoms with Crippen molar-refractivity contribution in [1.29, 1.82) is 0 Å². The van der Waals surface area contributed by atoms with Crippen LogP contribution in [0, 0.1) is 5.92 Å². The Morgan fingerprint density at radius 1 is 1.24 bits per heavy atom. The number of phenolic OH excluding ortho intramolecular Hbond substituents is 2. The van der Waals surface area contributed by atoms with Crippen LogP contribution in [0.2, 0.25) is 0 Å². The molecule has 0 heterocycles. The van der Waals surface area contributed by atoms with E-state index >= 15 is 0 Å². The van der Waals surface area contributed by atoms with Gasteiger partial charge in [0, 0.05) is 11.6 Å². The second-order valence-electron chi connectivity index (χ2n) is 4.47. The van der Waals surface area contributed by atoms with Gasteiger partial charge in [0.25, 0.3) is 0 Å². The Labute approximate surface area is 107 Å². The molecule has 1 aromatic rings. The van der Waals surface area contributed by atoms with Gasteiger partial charge in [0.2, 0.25) is 0 Å². The molecule has 5 heteroatoms. The second kappa shape index (κ2) is 6.69. The Hall–Kier alpha value is -0.970. The lowest BCUT2D eigenvalue weighted by atomic mass is 9.95. The number of aromatic hydroxyl groups is 2. The molecule has 98 valence electrons. The molecule has 0 saturated heterocycles. The molecule has 0 aliphatic rings. The standard InChI is InChI=1S/C12H19NO3.ClH/c1-7(2)5-11(16)12(13)9-4-3-8(14)6-10(9)15;/h3-4,6-7,11-12,14-16H,5,13H2,1-2H3;1H/t11-,12+;/m1./s1. The zero-order chi connectivity index (χ0) is 12.3. The summed E-state index contributed by atoms with van der Waals surface area (Å²) in [6, 6.07) is 3.55. The van der Waals surface area contributed by atoms with Gasteiger partial charge in [-0.15, -0.1) is 12.4 Å². The average Bonchev–Trinajstić information content (AvgIpc) is 2.15. The first-order valence-corrected chi connectivity index (χ1v) is 5.37. The smallest absolute Gasteiger partial charge is 0.124 e. The van der Waals surface area contributed by atoms with E-state index < -0.39 is 12.1 Å². The summed E-state index contributed by atoms with van der Waals surface area (Å²) in [7, 11) is 0. The third kappa shape index (κ3) is 4.42. The van der Waals surface area contributed by atoms with Gasteiger partial charge in [0.05, 0.1) is 12.1 Å². The highest BCUT2D eigenvalue weighted by Crippen LogP contribution is 2.29. The third-order valence-corrected chi connectivity index (χ3v) is 2.50. The highest BCUT2D eigenvalue weighted by atomic mass is 35.5. The van der Waals surface area contributed by atoms with Crippen LogP contribution in [0.1, 0.15) is 31.9 Å². The van der Waals surface area contributed by atoms with Gasteiger partial charge < -0.3 is 21.1 Å². The molecular weight excluding hydrogens is 242 g/mol. The molecule has 0 bridgehead atoms. The molecule has 0 unspecified atom stereocenters. The molecule has 1 rings (SSSR count). The quantitative estimate of drug-likeness (QED) is 0.667. The van der Waals surface area contributed by atoms with Crippen molar-refractivity contribution in [2.24, 2.45) is 11.7 Å². The minimum atomic E-state index is -0.699. The predicted octanol–water partition coefficient (Wildman–Crippen LogP) is 1.93. The highest BCUT2D eigenvalue weighted by molar-refractivity contribution is 5.85. The van der Waals surface area contributed by atoms with Crippen molar-refractivity contribution in [1.82, 2.24) is 0 Å². The summed E-state index contributed by atoms with van der Waals surface area (Å²) in [5.74, 6) is 0.224. The fourth-order valence-corrected chi connectivity index (χ4v) is 1.65. The number of halogens is 1. The Balaban J connectivity index is 0.00000256. The van der Waals surface area contributed by atoms with E-state index in [1.54, 1.807) is 0 Å². The molecule has 0 aliphatic heterocycles. The zero-order valence-electron chi connectivity index (χ0n) is 10.00. The number of benzene rings is 1. The van der Waals surface area contributed by atoms with Crippen molar-refractivity contribution in [3.8, 4) is 11.5 Å². The summed E-state index contributed by atoms with van der Waals surface area (Å²) in [5, 5.41) is 28.6. The number of phenols is 2. The van der Waals surface area contributed by atoms with Crippen LogP contribution in [0.25, 0.3) is 0 Å². The first kappa shape index (κ1) is 16.0. The Morgan fingerprint density at radius 2 is 1.82 bits per heavy atom. The number of aliphatic hydroxyl groups excluding tert-OH is 1. The lowest BCUT2D eigenvalue weighted by molar-refractivity contribution is 0.120. The molecule has 1 aromatic carbocycles. The van der Waals surface area contributed by atoms with Crippen molar-refractivity contribution in [2.75, 3.05) is 0 Å². The molecule has 4 nitrogen and oxygen atoms in total. The van der Waals surface area contributed by atoms with Gasteiger partial charge in [-0.3, -0.25) is 0 Å². The van der Waals surface area contributed by atoms with E-state index in [0.29, 0.717) is 17.9 Å². The van der Waals surface area contributed by atoms with Crippen molar-refractivity contribution in [3.63, 3.8) is 0 Å². The van der Waals surface area contributed by atoms with Crippen LogP contribution in [-0.2, 0) is 0 Å². The molecule has 0 spiro atoms.